The maximum atomic E-state index is 9.02. The van der Waals surface area contributed by atoms with Crippen molar-refractivity contribution in [2.75, 3.05) is 19.6 Å². The molecule has 0 unspecified atom stereocenters. The molecule has 1 aliphatic heterocycles. The van der Waals surface area contributed by atoms with Crippen LogP contribution in [0.1, 0.15) is 32.1 Å². The third-order valence-corrected chi connectivity index (χ3v) is 3.27. The van der Waals surface area contributed by atoms with E-state index in [1.807, 2.05) is 0 Å². The lowest BCUT2D eigenvalue weighted by molar-refractivity contribution is 0.137. The fourth-order valence-electron chi connectivity index (χ4n) is 2.28. The molecule has 2 rings (SSSR count). The van der Waals surface area contributed by atoms with Crippen LogP contribution in [0.4, 0.5) is 0 Å². The molecule has 0 spiro atoms. The minimum atomic E-state index is 0.0599. The zero-order chi connectivity index (χ0) is 8.44. The molecule has 0 aromatic carbocycles. The Labute approximate surface area is 74.2 Å². The predicted molar refractivity (Wildman–Crippen MR) is 47.6 cm³/mol. The molecule has 66 valence electrons. The van der Waals surface area contributed by atoms with Crippen molar-refractivity contribution in [1.82, 2.24) is 4.90 Å². The van der Waals surface area contributed by atoms with E-state index in [9.17, 15) is 0 Å². The SMILES string of the molecule is N#CC1(CN2CCCC2)CCC1. The Morgan fingerprint density at radius 3 is 2.25 bits per heavy atom. The van der Waals surface area contributed by atoms with Crippen molar-refractivity contribution in [1.29, 1.82) is 5.26 Å². The summed E-state index contributed by atoms with van der Waals surface area (Å²) in [6.45, 7) is 3.50. The van der Waals surface area contributed by atoms with Crippen LogP contribution in [-0.2, 0) is 0 Å². The third kappa shape index (κ3) is 1.34. The van der Waals surface area contributed by atoms with E-state index in [-0.39, 0.29) is 5.41 Å². The summed E-state index contributed by atoms with van der Waals surface area (Å²) in [5, 5.41) is 9.02. The summed E-state index contributed by atoms with van der Waals surface area (Å²) < 4.78 is 0. The molecule has 2 nitrogen and oxygen atoms in total. The number of nitriles is 1. The highest BCUT2D eigenvalue weighted by molar-refractivity contribution is 5.06. The van der Waals surface area contributed by atoms with Crippen LogP contribution in [0.25, 0.3) is 0 Å². The van der Waals surface area contributed by atoms with Gasteiger partial charge >= 0.3 is 0 Å². The average molecular weight is 164 g/mol. The van der Waals surface area contributed by atoms with Gasteiger partial charge in [-0.1, -0.05) is 6.42 Å². The van der Waals surface area contributed by atoms with E-state index in [0.717, 1.165) is 19.4 Å². The molecule has 1 aliphatic carbocycles. The first-order valence-corrected chi connectivity index (χ1v) is 4.98. The van der Waals surface area contributed by atoms with Crippen molar-refractivity contribution in [3.05, 3.63) is 0 Å². The molecule has 1 saturated carbocycles. The number of likely N-dealkylation sites (tertiary alicyclic amines) is 1. The zero-order valence-electron chi connectivity index (χ0n) is 7.55. The van der Waals surface area contributed by atoms with Gasteiger partial charge in [0.05, 0.1) is 11.5 Å². The number of hydrogen-bond donors (Lipinski definition) is 0. The molecule has 0 aromatic heterocycles. The summed E-state index contributed by atoms with van der Waals surface area (Å²) in [6.07, 6.45) is 6.21. The fourth-order valence-corrected chi connectivity index (χ4v) is 2.28. The number of rotatable bonds is 2. The van der Waals surface area contributed by atoms with E-state index in [2.05, 4.69) is 11.0 Å². The lowest BCUT2D eigenvalue weighted by Crippen LogP contribution is -2.40. The summed E-state index contributed by atoms with van der Waals surface area (Å²) in [6, 6.07) is 2.50. The van der Waals surface area contributed by atoms with Gasteiger partial charge in [-0.15, -0.1) is 0 Å². The van der Waals surface area contributed by atoms with Crippen LogP contribution < -0.4 is 0 Å². The second kappa shape index (κ2) is 3.06. The third-order valence-electron chi connectivity index (χ3n) is 3.27. The van der Waals surface area contributed by atoms with E-state index in [1.54, 1.807) is 0 Å². The average Bonchev–Trinajstić information content (AvgIpc) is 2.49. The molecule has 12 heavy (non-hydrogen) atoms. The summed E-state index contributed by atoms with van der Waals surface area (Å²) in [5.41, 5.74) is 0.0599. The Balaban J connectivity index is 1.88. The maximum Gasteiger partial charge on any atom is 0.0703 e. The highest BCUT2D eigenvalue weighted by Crippen LogP contribution is 2.41. The monoisotopic (exact) mass is 164 g/mol. The first kappa shape index (κ1) is 8.07. The number of nitrogens with zero attached hydrogens (tertiary/aromatic N) is 2. The Kier molecular flexibility index (Phi) is 2.06. The van der Waals surface area contributed by atoms with Crippen LogP contribution in [0.2, 0.25) is 0 Å². The van der Waals surface area contributed by atoms with Crippen LogP contribution >= 0.6 is 0 Å². The normalized spacial score (nSPS) is 27.9. The standard InChI is InChI=1S/C10H16N2/c11-8-10(4-3-5-10)9-12-6-1-2-7-12/h1-7,9H2. The van der Waals surface area contributed by atoms with Gasteiger partial charge in [0.15, 0.2) is 0 Å². The van der Waals surface area contributed by atoms with Gasteiger partial charge in [0.1, 0.15) is 0 Å². The van der Waals surface area contributed by atoms with Crippen molar-refractivity contribution in [3.63, 3.8) is 0 Å². The zero-order valence-corrected chi connectivity index (χ0v) is 7.55. The summed E-state index contributed by atoms with van der Waals surface area (Å²) in [5.74, 6) is 0. The first-order valence-electron chi connectivity index (χ1n) is 4.98. The van der Waals surface area contributed by atoms with E-state index in [4.69, 9.17) is 5.26 Å². The quantitative estimate of drug-likeness (QED) is 0.622. The second-order valence-corrected chi connectivity index (χ2v) is 4.23. The molecule has 0 radical (unpaired) electrons. The van der Waals surface area contributed by atoms with Gasteiger partial charge in [0.2, 0.25) is 0 Å². The molecule has 0 amide bonds. The Hall–Kier alpha value is -0.550. The lowest BCUT2D eigenvalue weighted by Gasteiger charge is -2.38. The molecular weight excluding hydrogens is 148 g/mol. The van der Waals surface area contributed by atoms with Gasteiger partial charge in [0, 0.05) is 6.54 Å². The predicted octanol–water partition coefficient (Wildman–Crippen LogP) is 1.78. The maximum absolute atomic E-state index is 9.02. The van der Waals surface area contributed by atoms with E-state index in [0.29, 0.717) is 0 Å². The van der Waals surface area contributed by atoms with Gasteiger partial charge < -0.3 is 4.90 Å². The molecule has 0 bridgehead atoms. The Morgan fingerprint density at radius 2 is 1.83 bits per heavy atom. The van der Waals surface area contributed by atoms with E-state index in [1.165, 1.54) is 32.4 Å². The van der Waals surface area contributed by atoms with Crippen molar-refractivity contribution in [2.24, 2.45) is 5.41 Å². The molecule has 2 aliphatic rings. The molecule has 0 N–H and O–H groups in total. The molecular formula is C10H16N2. The smallest absolute Gasteiger partial charge is 0.0703 e. The molecule has 1 heterocycles. The Morgan fingerprint density at radius 1 is 1.17 bits per heavy atom. The first-order chi connectivity index (χ1) is 5.85. The molecule has 1 saturated heterocycles. The lowest BCUT2D eigenvalue weighted by atomic mass is 9.70. The van der Waals surface area contributed by atoms with Crippen LogP contribution in [0, 0.1) is 16.7 Å². The minimum Gasteiger partial charge on any atom is -0.302 e. The second-order valence-electron chi connectivity index (χ2n) is 4.23. The Bertz CT molecular complexity index is 194. The van der Waals surface area contributed by atoms with Crippen LogP contribution in [0.15, 0.2) is 0 Å². The van der Waals surface area contributed by atoms with Gasteiger partial charge in [-0.3, -0.25) is 0 Å². The van der Waals surface area contributed by atoms with Gasteiger partial charge in [-0.2, -0.15) is 5.26 Å². The van der Waals surface area contributed by atoms with Crippen molar-refractivity contribution >= 4 is 0 Å². The summed E-state index contributed by atoms with van der Waals surface area (Å²) in [7, 11) is 0. The van der Waals surface area contributed by atoms with E-state index >= 15 is 0 Å². The van der Waals surface area contributed by atoms with Crippen LogP contribution in [-0.4, -0.2) is 24.5 Å². The van der Waals surface area contributed by atoms with Gasteiger partial charge in [0.25, 0.3) is 0 Å². The van der Waals surface area contributed by atoms with Gasteiger partial charge in [-0.25, -0.2) is 0 Å². The molecule has 0 aromatic rings. The molecule has 0 atom stereocenters. The number of hydrogen-bond acceptors (Lipinski definition) is 2. The molecule has 2 heteroatoms. The topological polar surface area (TPSA) is 27.0 Å². The van der Waals surface area contributed by atoms with Crippen molar-refractivity contribution in [3.8, 4) is 6.07 Å². The van der Waals surface area contributed by atoms with Crippen molar-refractivity contribution in [2.45, 2.75) is 32.1 Å². The summed E-state index contributed by atoms with van der Waals surface area (Å²) in [4.78, 5) is 2.46. The van der Waals surface area contributed by atoms with Crippen LogP contribution in [0.5, 0.6) is 0 Å². The minimum absolute atomic E-state index is 0.0599. The highest BCUT2D eigenvalue weighted by Gasteiger charge is 2.38. The summed E-state index contributed by atoms with van der Waals surface area (Å²) >= 11 is 0. The van der Waals surface area contributed by atoms with Gasteiger partial charge in [-0.05, 0) is 38.8 Å². The van der Waals surface area contributed by atoms with Crippen molar-refractivity contribution < 1.29 is 0 Å². The fraction of sp³-hybridized carbons (Fsp3) is 0.900. The van der Waals surface area contributed by atoms with E-state index < -0.39 is 0 Å². The molecule has 2 fully saturated rings. The van der Waals surface area contributed by atoms with Crippen LogP contribution in [0.3, 0.4) is 0 Å². The largest absolute Gasteiger partial charge is 0.302 e. The highest BCUT2D eigenvalue weighted by atomic mass is 15.1.